The molecule has 0 aromatic rings. The first-order valence-electron chi connectivity index (χ1n) is 7.03. The minimum atomic E-state index is -2.86. The number of hydrogen-bond acceptors (Lipinski definition) is 1. The van der Waals surface area contributed by atoms with Crippen LogP contribution in [0.5, 0.6) is 0 Å². The highest BCUT2D eigenvalue weighted by atomic mass is 31.2. The third kappa shape index (κ3) is 9.62. The van der Waals surface area contributed by atoms with Gasteiger partial charge in [-0.05, 0) is 31.6 Å². The summed E-state index contributed by atoms with van der Waals surface area (Å²) in [6.45, 7) is 6.37. The van der Waals surface area contributed by atoms with Crippen molar-refractivity contribution in [3.8, 4) is 0 Å². The van der Waals surface area contributed by atoms with Gasteiger partial charge in [0.2, 0.25) is 7.37 Å². The van der Waals surface area contributed by atoms with Crippen molar-refractivity contribution >= 4 is 7.37 Å². The lowest BCUT2D eigenvalue weighted by molar-refractivity contribution is 0.466. The van der Waals surface area contributed by atoms with E-state index in [4.69, 9.17) is 0 Å². The van der Waals surface area contributed by atoms with Crippen LogP contribution in [0.3, 0.4) is 0 Å². The summed E-state index contributed by atoms with van der Waals surface area (Å²) < 4.78 is 11.9. The molecule has 0 saturated carbocycles. The van der Waals surface area contributed by atoms with Crippen LogP contribution in [-0.2, 0) is 4.57 Å². The van der Waals surface area contributed by atoms with Gasteiger partial charge in [0.1, 0.15) is 0 Å². The maximum absolute atomic E-state index is 11.9. The van der Waals surface area contributed by atoms with Crippen LogP contribution in [-0.4, -0.2) is 17.2 Å². The van der Waals surface area contributed by atoms with Gasteiger partial charge in [0.25, 0.3) is 0 Å². The normalized spacial score (nSPS) is 17.2. The summed E-state index contributed by atoms with van der Waals surface area (Å²) >= 11 is 0. The van der Waals surface area contributed by atoms with Crippen molar-refractivity contribution in [1.29, 1.82) is 0 Å². The number of allylic oxidation sites excluding steroid dienone is 2. The molecule has 0 fully saturated rings. The minimum absolute atomic E-state index is 0.474. The summed E-state index contributed by atoms with van der Waals surface area (Å²) in [6, 6.07) is 0. The van der Waals surface area contributed by atoms with E-state index in [1.54, 1.807) is 0 Å². The van der Waals surface area contributed by atoms with Gasteiger partial charge in [-0.25, -0.2) is 0 Å². The molecule has 3 heteroatoms. The number of hydrogen-bond donors (Lipinski definition) is 1. The van der Waals surface area contributed by atoms with Gasteiger partial charge in [0, 0.05) is 12.3 Å². The zero-order valence-corrected chi connectivity index (χ0v) is 12.6. The van der Waals surface area contributed by atoms with Crippen LogP contribution in [0.25, 0.3) is 0 Å². The molecule has 0 amide bonds. The monoisotopic (exact) mass is 260 g/mol. The number of unbranched alkanes of at least 4 members (excludes halogenated alkanes) is 2. The average Bonchev–Trinajstić information content (AvgIpc) is 2.29. The van der Waals surface area contributed by atoms with Crippen molar-refractivity contribution in [3.63, 3.8) is 0 Å². The van der Waals surface area contributed by atoms with E-state index in [0.29, 0.717) is 18.2 Å². The van der Waals surface area contributed by atoms with Gasteiger partial charge in [0.15, 0.2) is 0 Å². The summed E-state index contributed by atoms with van der Waals surface area (Å²) in [5.74, 6) is 0.474. The Labute approximate surface area is 107 Å². The molecule has 0 spiro atoms. The van der Waals surface area contributed by atoms with Crippen molar-refractivity contribution in [2.45, 2.75) is 59.3 Å². The second kappa shape index (κ2) is 9.91. The summed E-state index contributed by atoms with van der Waals surface area (Å²) in [5, 5.41) is 0. The van der Waals surface area contributed by atoms with Crippen LogP contribution >= 0.6 is 7.37 Å². The lowest BCUT2D eigenvalue weighted by atomic mass is 10.0. The lowest BCUT2D eigenvalue weighted by Gasteiger charge is -2.14. The largest absolute Gasteiger partial charge is 0.344 e. The van der Waals surface area contributed by atoms with Gasteiger partial charge < -0.3 is 4.89 Å². The lowest BCUT2D eigenvalue weighted by Crippen LogP contribution is -2.02. The van der Waals surface area contributed by atoms with Gasteiger partial charge in [-0.1, -0.05) is 45.8 Å². The standard InChI is InChI=1S/C14H29O2P/c1-4-7-9-12-17(15,16)13-11-14(6-3)10-8-5-2/h8,10,14H,4-7,9,11-13H2,1-3H3,(H,15,16). The molecular weight excluding hydrogens is 231 g/mol. The van der Waals surface area contributed by atoms with Crippen LogP contribution in [0.1, 0.15) is 59.3 Å². The van der Waals surface area contributed by atoms with Crippen molar-refractivity contribution in [3.05, 3.63) is 12.2 Å². The summed E-state index contributed by atoms with van der Waals surface area (Å²) in [6.07, 6.45) is 11.4. The van der Waals surface area contributed by atoms with Gasteiger partial charge in [-0.15, -0.1) is 0 Å². The highest BCUT2D eigenvalue weighted by molar-refractivity contribution is 7.57. The molecule has 2 atom stereocenters. The Balaban J connectivity index is 3.96. The van der Waals surface area contributed by atoms with E-state index in [1.165, 1.54) is 0 Å². The Morgan fingerprint density at radius 1 is 1.18 bits per heavy atom. The van der Waals surface area contributed by atoms with Crippen LogP contribution < -0.4 is 0 Å². The third-order valence-electron chi connectivity index (χ3n) is 3.13. The highest BCUT2D eigenvalue weighted by Crippen LogP contribution is 2.43. The molecule has 0 heterocycles. The molecule has 0 aromatic carbocycles. The molecule has 0 aromatic heterocycles. The predicted octanol–water partition coefficient (Wildman–Crippen LogP) is 4.83. The van der Waals surface area contributed by atoms with Crippen molar-refractivity contribution in [2.24, 2.45) is 5.92 Å². The molecule has 17 heavy (non-hydrogen) atoms. The number of rotatable bonds is 10. The van der Waals surface area contributed by atoms with Crippen LogP contribution in [0.4, 0.5) is 0 Å². The van der Waals surface area contributed by atoms with Gasteiger partial charge >= 0.3 is 0 Å². The second-order valence-corrected chi connectivity index (χ2v) is 7.38. The zero-order chi connectivity index (χ0) is 13.1. The quantitative estimate of drug-likeness (QED) is 0.347. The average molecular weight is 260 g/mol. The third-order valence-corrected chi connectivity index (χ3v) is 5.10. The Kier molecular flexibility index (Phi) is 9.87. The van der Waals surface area contributed by atoms with E-state index in [9.17, 15) is 9.46 Å². The van der Waals surface area contributed by atoms with E-state index in [0.717, 1.165) is 38.5 Å². The summed E-state index contributed by atoms with van der Waals surface area (Å²) in [7, 11) is -2.86. The highest BCUT2D eigenvalue weighted by Gasteiger charge is 2.18. The first-order chi connectivity index (χ1) is 8.05. The molecule has 102 valence electrons. The molecule has 0 bridgehead atoms. The van der Waals surface area contributed by atoms with Crippen LogP contribution in [0.15, 0.2) is 12.2 Å². The first-order valence-corrected chi connectivity index (χ1v) is 9.06. The van der Waals surface area contributed by atoms with E-state index in [-0.39, 0.29) is 0 Å². The van der Waals surface area contributed by atoms with E-state index < -0.39 is 7.37 Å². The van der Waals surface area contributed by atoms with E-state index >= 15 is 0 Å². The second-order valence-electron chi connectivity index (χ2n) is 4.79. The van der Waals surface area contributed by atoms with Gasteiger partial charge in [-0.3, -0.25) is 4.57 Å². The molecule has 2 nitrogen and oxygen atoms in total. The summed E-state index contributed by atoms with van der Waals surface area (Å²) in [5.41, 5.74) is 0. The fraction of sp³-hybridized carbons (Fsp3) is 0.857. The Morgan fingerprint density at radius 3 is 2.41 bits per heavy atom. The molecule has 1 N–H and O–H groups in total. The van der Waals surface area contributed by atoms with Crippen molar-refractivity contribution in [1.82, 2.24) is 0 Å². The molecule has 0 aliphatic rings. The first kappa shape index (κ1) is 16.9. The fourth-order valence-corrected chi connectivity index (χ4v) is 3.53. The van der Waals surface area contributed by atoms with Crippen LogP contribution in [0.2, 0.25) is 0 Å². The molecule has 0 aliphatic heterocycles. The molecule has 0 aliphatic carbocycles. The minimum Gasteiger partial charge on any atom is -0.344 e. The zero-order valence-electron chi connectivity index (χ0n) is 11.7. The SMILES string of the molecule is CCC=CC(CC)CCP(=O)(O)CCCCC. The summed E-state index contributed by atoms with van der Waals surface area (Å²) in [4.78, 5) is 9.84. The van der Waals surface area contributed by atoms with Crippen molar-refractivity contribution < 1.29 is 9.46 Å². The van der Waals surface area contributed by atoms with E-state index in [2.05, 4.69) is 32.9 Å². The van der Waals surface area contributed by atoms with Crippen LogP contribution in [0, 0.1) is 5.92 Å². The molecule has 0 saturated heterocycles. The molecule has 0 rings (SSSR count). The topological polar surface area (TPSA) is 37.3 Å². The Hall–Kier alpha value is -0.0700. The molecular formula is C14H29O2P. The Morgan fingerprint density at radius 2 is 1.88 bits per heavy atom. The van der Waals surface area contributed by atoms with Gasteiger partial charge in [-0.2, -0.15) is 0 Å². The van der Waals surface area contributed by atoms with E-state index in [1.807, 2.05) is 0 Å². The molecule has 0 radical (unpaired) electrons. The molecule has 2 unspecified atom stereocenters. The maximum Gasteiger partial charge on any atom is 0.200 e. The maximum atomic E-state index is 11.9. The Bertz CT molecular complexity index is 249. The fourth-order valence-electron chi connectivity index (χ4n) is 1.85. The smallest absolute Gasteiger partial charge is 0.200 e. The van der Waals surface area contributed by atoms with Gasteiger partial charge in [0.05, 0.1) is 0 Å². The van der Waals surface area contributed by atoms with Crippen molar-refractivity contribution in [2.75, 3.05) is 12.3 Å². The predicted molar refractivity (Wildman–Crippen MR) is 76.9 cm³/mol.